The first kappa shape index (κ1) is 24.4. The Morgan fingerprint density at radius 1 is 1.26 bits per heavy atom. The smallest absolute Gasteiger partial charge is 0.254 e. The molecule has 0 saturated carbocycles. The second-order valence-corrected chi connectivity index (χ2v) is 12.8. The lowest BCUT2D eigenvalue weighted by molar-refractivity contribution is -0.0440. The highest BCUT2D eigenvalue weighted by atomic mass is 35.5. The topological polar surface area (TPSA) is 101 Å². The normalized spacial score (nSPS) is 26.6. The minimum absolute atomic E-state index is 0.0360. The van der Waals surface area contributed by atoms with Gasteiger partial charge in [-0.05, 0) is 44.9 Å². The van der Waals surface area contributed by atoms with Crippen LogP contribution in [0.2, 0.25) is 5.02 Å². The van der Waals surface area contributed by atoms with E-state index in [1.54, 1.807) is 18.7 Å². The predicted molar refractivity (Wildman–Crippen MR) is 119 cm³/mol. The number of sulfone groups is 1. The number of ether oxygens (including phenoxy) is 1. The number of morpholine rings is 1. The molecule has 8 nitrogen and oxygen atoms in total. The maximum absolute atomic E-state index is 13.3. The average molecular weight is 493 g/mol. The van der Waals surface area contributed by atoms with Crippen LogP contribution in [0.1, 0.15) is 44.0 Å². The molecule has 0 aromatic heterocycles. The van der Waals surface area contributed by atoms with E-state index in [4.69, 9.17) is 16.3 Å². The van der Waals surface area contributed by atoms with E-state index in [0.29, 0.717) is 19.4 Å². The van der Waals surface area contributed by atoms with Crippen LogP contribution in [0.5, 0.6) is 0 Å². The van der Waals surface area contributed by atoms with E-state index in [-0.39, 0.29) is 58.2 Å². The molecule has 0 aliphatic carbocycles. The Labute approximate surface area is 189 Å². The van der Waals surface area contributed by atoms with Crippen LogP contribution in [0.4, 0.5) is 0 Å². The summed E-state index contributed by atoms with van der Waals surface area (Å²) in [7, 11) is -7.10. The summed E-state index contributed by atoms with van der Waals surface area (Å²) < 4.78 is 57.4. The van der Waals surface area contributed by atoms with Gasteiger partial charge in [0.05, 0.1) is 28.7 Å². The number of benzene rings is 1. The highest BCUT2D eigenvalue weighted by Gasteiger charge is 2.36. The number of nitrogens with zero attached hydrogens (tertiary/aromatic N) is 2. The van der Waals surface area contributed by atoms with Crippen LogP contribution in [-0.4, -0.2) is 81.3 Å². The molecule has 0 unspecified atom stereocenters. The van der Waals surface area contributed by atoms with Crippen molar-refractivity contribution in [2.24, 2.45) is 0 Å². The molecule has 11 heteroatoms. The van der Waals surface area contributed by atoms with Crippen LogP contribution in [0.15, 0.2) is 23.1 Å². The Morgan fingerprint density at radius 2 is 1.90 bits per heavy atom. The molecule has 1 aromatic carbocycles. The fourth-order valence-corrected chi connectivity index (χ4v) is 8.00. The first-order valence-electron chi connectivity index (χ1n) is 10.4. The number of carbonyl (C=O) groups is 1. The molecule has 0 radical (unpaired) electrons. The molecular weight excluding hydrogens is 464 g/mol. The minimum Gasteiger partial charge on any atom is -0.373 e. The third-order valence-corrected chi connectivity index (χ3v) is 9.62. The lowest BCUT2D eigenvalue weighted by Gasteiger charge is -2.34. The summed E-state index contributed by atoms with van der Waals surface area (Å²) in [5, 5.41) is 0.0360. The van der Waals surface area contributed by atoms with Gasteiger partial charge in [-0.3, -0.25) is 4.79 Å². The van der Waals surface area contributed by atoms with E-state index < -0.39 is 25.9 Å². The van der Waals surface area contributed by atoms with Crippen molar-refractivity contribution in [3.8, 4) is 0 Å². The number of carbonyl (C=O) groups excluding carboxylic acids is 1. The van der Waals surface area contributed by atoms with Gasteiger partial charge in [-0.25, -0.2) is 16.8 Å². The number of sulfonamides is 1. The van der Waals surface area contributed by atoms with Crippen molar-refractivity contribution < 1.29 is 26.4 Å². The Bertz CT molecular complexity index is 1030. The molecule has 2 heterocycles. The van der Waals surface area contributed by atoms with Crippen LogP contribution in [0, 0.1) is 0 Å². The van der Waals surface area contributed by atoms with Crippen molar-refractivity contribution in [2.45, 2.75) is 56.8 Å². The second-order valence-electron chi connectivity index (χ2n) is 8.28. The molecule has 0 spiro atoms. The first-order valence-corrected chi connectivity index (χ1v) is 14.0. The summed E-state index contributed by atoms with van der Waals surface area (Å²) >= 11 is 6.24. The van der Waals surface area contributed by atoms with Gasteiger partial charge in [0, 0.05) is 31.2 Å². The molecule has 1 aromatic rings. The lowest BCUT2D eigenvalue weighted by atomic mass is 10.1. The monoisotopic (exact) mass is 492 g/mol. The first-order chi connectivity index (χ1) is 14.4. The standard InChI is InChI=1S/C20H29ClN2O6S2/c1-4-8-23(17-7-9-30(25,26)13-17)20(24)16-5-6-18(21)19(10-16)31(27,28)22-11-14(2)29-15(3)12-22/h5-6,10,14-15,17H,4,7-9,11-13H2,1-3H3/t14-,15-,17-/m0/s1. The Morgan fingerprint density at radius 3 is 2.45 bits per heavy atom. The number of halogens is 1. The zero-order valence-electron chi connectivity index (χ0n) is 18.0. The summed E-state index contributed by atoms with van der Waals surface area (Å²) in [6.07, 6.45) is 0.527. The molecule has 3 atom stereocenters. The minimum atomic E-state index is -3.94. The van der Waals surface area contributed by atoms with Gasteiger partial charge >= 0.3 is 0 Å². The van der Waals surface area contributed by atoms with Gasteiger partial charge in [-0.1, -0.05) is 18.5 Å². The fraction of sp³-hybridized carbons (Fsp3) is 0.650. The molecule has 1 amide bonds. The lowest BCUT2D eigenvalue weighted by Crippen LogP contribution is -2.48. The van der Waals surface area contributed by atoms with Gasteiger partial charge in [0.1, 0.15) is 4.90 Å². The van der Waals surface area contributed by atoms with E-state index in [0.717, 1.165) is 0 Å². The molecule has 2 aliphatic heterocycles. The third kappa shape index (κ3) is 5.42. The number of amides is 1. The molecule has 174 valence electrons. The Hall–Kier alpha value is -1.20. The maximum atomic E-state index is 13.3. The molecular formula is C20H29ClN2O6S2. The van der Waals surface area contributed by atoms with Crippen molar-refractivity contribution in [1.29, 1.82) is 0 Å². The Balaban J connectivity index is 1.93. The molecule has 31 heavy (non-hydrogen) atoms. The van der Waals surface area contributed by atoms with Crippen LogP contribution in [-0.2, 0) is 24.6 Å². The second kappa shape index (κ2) is 9.35. The van der Waals surface area contributed by atoms with Crippen LogP contribution in [0.25, 0.3) is 0 Å². The van der Waals surface area contributed by atoms with Crippen molar-refractivity contribution in [3.63, 3.8) is 0 Å². The van der Waals surface area contributed by atoms with E-state index >= 15 is 0 Å². The highest BCUT2D eigenvalue weighted by molar-refractivity contribution is 7.91. The van der Waals surface area contributed by atoms with Gasteiger partial charge in [0.15, 0.2) is 9.84 Å². The number of hydrogen-bond donors (Lipinski definition) is 0. The van der Waals surface area contributed by atoms with Crippen LogP contribution < -0.4 is 0 Å². The predicted octanol–water partition coefficient (Wildman–Crippen LogP) is 2.18. The summed E-state index contributed by atoms with van der Waals surface area (Å²) in [6.45, 7) is 6.30. The molecule has 0 N–H and O–H groups in total. The van der Waals surface area contributed by atoms with Gasteiger partial charge in [0.2, 0.25) is 10.0 Å². The fourth-order valence-electron chi connectivity index (χ4n) is 4.18. The van der Waals surface area contributed by atoms with Crippen molar-refractivity contribution in [3.05, 3.63) is 28.8 Å². The summed E-state index contributed by atoms with van der Waals surface area (Å²) in [4.78, 5) is 14.7. The van der Waals surface area contributed by atoms with Crippen LogP contribution >= 0.6 is 11.6 Å². The molecule has 3 rings (SSSR count). The van der Waals surface area contributed by atoms with E-state index in [1.807, 2.05) is 6.92 Å². The van der Waals surface area contributed by atoms with E-state index in [1.165, 1.54) is 22.5 Å². The third-order valence-electron chi connectivity index (χ3n) is 5.56. The average Bonchev–Trinajstić information content (AvgIpc) is 3.04. The molecule has 2 saturated heterocycles. The Kier molecular flexibility index (Phi) is 7.37. The van der Waals surface area contributed by atoms with Crippen molar-refractivity contribution in [1.82, 2.24) is 9.21 Å². The van der Waals surface area contributed by atoms with E-state index in [9.17, 15) is 21.6 Å². The SMILES string of the molecule is CCCN(C(=O)c1ccc(Cl)c(S(=O)(=O)N2C[C@H](C)O[C@@H](C)C2)c1)[C@H]1CCS(=O)(=O)C1. The van der Waals surface area contributed by atoms with Crippen LogP contribution in [0.3, 0.4) is 0 Å². The maximum Gasteiger partial charge on any atom is 0.254 e. The van der Waals surface area contributed by atoms with Gasteiger partial charge in [-0.15, -0.1) is 0 Å². The van der Waals surface area contributed by atoms with Gasteiger partial charge in [-0.2, -0.15) is 4.31 Å². The summed E-state index contributed by atoms with van der Waals surface area (Å²) in [5.41, 5.74) is 0.176. The zero-order valence-corrected chi connectivity index (χ0v) is 20.3. The zero-order chi connectivity index (χ0) is 23.0. The molecule has 0 bridgehead atoms. The summed E-state index contributed by atoms with van der Waals surface area (Å²) in [6, 6.07) is 3.79. The quantitative estimate of drug-likeness (QED) is 0.603. The van der Waals surface area contributed by atoms with Gasteiger partial charge < -0.3 is 9.64 Å². The molecule has 2 aliphatic rings. The largest absolute Gasteiger partial charge is 0.373 e. The highest BCUT2D eigenvalue weighted by Crippen LogP contribution is 2.29. The van der Waals surface area contributed by atoms with E-state index in [2.05, 4.69) is 0 Å². The van der Waals surface area contributed by atoms with Crippen molar-refractivity contribution in [2.75, 3.05) is 31.1 Å². The molecule has 2 fully saturated rings. The van der Waals surface area contributed by atoms with Crippen molar-refractivity contribution >= 4 is 37.4 Å². The van der Waals surface area contributed by atoms with Gasteiger partial charge in [0.25, 0.3) is 5.91 Å². The number of rotatable bonds is 6. The summed E-state index contributed by atoms with van der Waals surface area (Å²) in [5.74, 6) is -0.402. The number of hydrogen-bond acceptors (Lipinski definition) is 6.